The number of carboxylic acids is 2. The first kappa shape index (κ1) is 14.0. The van der Waals surface area contributed by atoms with Gasteiger partial charge in [0.05, 0.1) is 5.41 Å². The van der Waals surface area contributed by atoms with E-state index in [2.05, 4.69) is 4.98 Å². The Morgan fingerprint density at radius 1 is 1.44 bits per heavy atom. The highest BCUT2D eigenvalue weighted by atomic mass is 19.1. The first-order valence-electron chi connectivity index (χ1n) is 5.05. The van der Waals surface area contributed by atoms with E-state index in [4.69, 9.17) is 15.9 Å². The summed E-state index contributed by atoms with van der Waals surface area (Å²) in [5.74, 6) is -3.68. The minimum Gasteiger partial charge on any atom is -0.481 e. The van der Waals surface area contributed by atoms with Crippen LogP contribution in [0.2, 0.25) is 0 Å². The summed E-state index contributed by atoms with van der Waals surface area (Å²) in [4.78, 5) is 25.0. The second-order valence-electron chi connectivity index (χ2n) is 4.41. The van der Waals surface area contributed by atoms with Crippen LogP contribution in [-0.2, 0) is 4.79 Å². The zero-order valence-corrected chi connectivity index (χ0v) is 9.85. The molecule has 1 aromatic rings. The molecule has 4 N–H and O–H groups in total. The summed E-state index contributed by atoms with van der Waals surface area (Å²) in [7, 11) is 0. The summed E-state index contributed by atoms with van der Waals surface area (Å²) in [6.45, 7) is 2.78. The van der Waals surface area contributed by atoms with Crippen LogP contribution in [0, 0.1) is 11.2 Å². The third-order valence-electron chi connectivity index (χ3n) is 2.75. The number of carbonyl (C=O) groups is 2. The standard InChI is InChI=1S/C11H13FN2O4/c1-11(2,10(17)18)8(13)5-3-6(12)7(9(15)16)14-4-5/h3-4,8H,13H2,1-2H3,(H,15,16)(H,17,18). The topological polar surface area (TPSA) is 114 Å². The van der Waals surface area contributed by atoms with Crippen LogP contribution in [0.3, 0.4) is 0 Å². The summed E-state index contributed by atoms with van der Waals surface area (Å²) < 4.78 is 13.4. The van der Waals surface area contributed by atoms with Crippen molar-refractivity contribution in [2.45, 2.75) is 19.9 Å². The molecule has 0 bridgehead atoms. The number of nitrogens with zero attached hydrogens (tertiary/aromatic N) is 1. The Hall–Kier alpha value is -2.02. The van der Waals surface area contributed by atoms with Crippen LogP contribution in [0.1, 0.15) is 35.9 Å². The fraction of sp³-hybridized carbons (Fsp3) is 0.364. The Labute approximate surface area is 102 Å². The van der Waals surface area contributed by atoms with E-state index in [9.17, 15) is 14.0 Å². The molecule has 0 saturated heterocycles. The molecule has 0 aliphatic heterocycles. The van der Waals surface area contributed by atoms with Crippen molar-refractivity contribution in [3.8, 4) is 0 Å². The molecule has 1 rings (SSSR count). The molecule has 0 spiro atoms. The minimum atomic E-state index is -1.50. The van der Waals surface area contributed by atoms with E-state index in [1.165, 1.54) is 13.8 Å². The van der Waals surface area contributed by atoms with Gasteiger partial charge >= 0.3 is 11.9 Å². The highest BCUT2D eigenvalue weighted by Gasteiger charge is 2.36. The average Bonchev–Trinajstić information content (AvgIpc) is 2.26. The number of aliphatic carboxylic acids is 1. The number of hydrogen-bond donors (Lipinski definition) is 3. The third kappa shape index (κ3) is 2.45. The van der Waals surface area contributed by atoms with Crippen molar-refractivity contribution in [1.82, 2.24) is 4.98 Å². The lowest BCUT2D eigenvalue weighted by atomic mass is 9.81. The molecule has 0 amide bonds. The van der Waals surface area contributed by atoms with Gasteiger partial charge in [0.2, 0.25) is 0 Å². The smallest absolute Gasteiger partial charge is 0.357 e. The van der Waals surface area contributed by atoms with E-state index < -0.39 is 34.9 Å². The van der Waals surface area contributed by atoms with Gasteiger partial charge in [0, 0.05) is 12.2 Å². The van der Waals surface area contributed by atoms with Crippen molar-refractivity contribution in [3.05, 3.63) is 29.3 Å². The Morgan fingerprint density at radius 2 is 2.00 bits per heavy atom. The lowest BCUT2D eigenvalue weighted by molar-refractivity contribution is -0.148. The molecule has 98 valence electrons. The number of rotatable bonds is 4. The number of carboxylic acid groups (broad SMARTS) is 2. The predicted molar refractivity (Wildman–Crippen MR) is 59.5 cm³/mol. The minimum absolute atomic E-state index is 0.130. The van der Waals surface area contributed by atoms with E-state index in [1.807, 2.05) is 0 Å². The summed E-state index contributed by atoms with van der Waals surface area (Å²) in [6.07, 6.45) is 1.07. The lowest BCUT2D eigenvalue weighted by Crippen LogP contribution is -2.36. The third-order valence-corrected chi connectivity index (χ3v) is 2.75. The van der Waals surface area contributed by atoms with Gasteiger partial charge in [-0.15, -0.1) is 0 Å². The van der Waals surface area contributed by atoms with Gasteiger partial charge in [-0.25, -0.2) is 14.2 Å². The summed E-state index contributed by atoms with van der Waals surface area (Å²) in [5.41, 5.74) is 3.82. The van der Waals surface area contributed by atoms with Gasteiger partial charge in [0.15, 0.2) is 11.5 Å². The van der Waals surface area contributed by atoms with Crippen molar-refractivity contribution in [2.75, 3.05) is 0 Å². The Bertz CT molecular complexity index is 502. The normalized spacial score (nSPS) is 13.1. The van der Waals surface area contributed by atoms with Crippen molar-refractivity contribution in [3.63, 3.8) is 0 Å². The molecule has 0 aliphatic rings. The molecule has 18 heavy (non-hydrogen) atoms. The zero-order valence-electron chi connectivity index (χ0n) is 9.85. The van der Waals surface area contributed by atoms with Gasteiger partial charge in [0.1, 0.15) is 0 Å². The molecule has 0 radical (unpaired) electrons. The number of pyridine rings is 1. The van der Waals surface area contributed by atoms with E-state index in [-0.39, 0.29) is 5.56 Å². The maximum atomic E-state index is 13.4. The lowest BCUT2D eigenvalue weighted by Gasteiger charge is -2.27. The van der Waals surface area contributed by atoms with Crippen molar-refractivity contribution in [1.29, 1.82) is 0 Å². The molecule has 0 aromatic carbocycles. The maximum Gasteiger partial charge on any atom is 0.357 e. The largest absolute Gasteiger partial charge is 0.481 e. The molecule has 7 heteroatoms. The molecule has 6 nitrogen and oxygen atoms in total. The quantitative estimate of drug-likeness (QED) is 0.741. The van der Waals surface area contributed by atoms with Gasteiger partial charge in [0.25, 0.3) is 0 Å². The SMILES string of the molecule is CC(C)(C(=O)O)C(N)c1cnc(C(=O)O)c(F)c1. The van der Waals surface area contributed by atoms with Crippen LogP contribution < -0.4 is 5.73 Å². The molecular formula is C11H13FN2O4. The Balaban J connectivity index is 3.16. The van der Waals surface area contributed by atoms with Crippen LogP contribution in [0.5, 0.6) is 0 Å². The van der Waals surface area contributed by atoms with E-state index in [0.29, 0.717) is 0 Å². The van der Waals surface area contributed by atoms with Gasteiger partial charge in [-0.2, -0.15) is 0 Å². The number of nitrogens with two attached hydrogens (primary N) is 1. The molecule has 0 saturated carbocycles. The van der Waals surface area contributed by atoms with Gasteiger partial charge in [-0.3, -0.25) is 4.79 Å². The molecule has 1 unspecified atom stereocenters. The second kappa shape index (κ2) is 4.69. The van der Waals surface area contributed by atoms with Crippen LogP contribution in [0.25, 0.3) is 0 Å². The monoisotopic (exact) mass is 256 g/mol. The zero-order chi connectivity index (χ0) is 14.1. The van der Waals surface area contributed by atoms with Gasteiger partial charge in [-0.1, -0.05) is 0 Å². The van der Waals surface area contributed by atoms with Crippen LogP contribution in [0.4, 0.5) is 4.39 Å². The van der Waals surface area contributed by atoms with E-state index in [0.717, 1.165) is 12.3 Å². The summed E-state index contributed by atoms with van der Waals surface area (Å²) in [5, 5.41) is 17.6. The molecule has 1 aromatic heterocycles. The fourth-order valence-electron chi connectivity index (χ4n) is 1.33. The van der Waals surface area contributed by atoms with E-state index >= 15 is 0 Å². The molecule has 0 fully saturated rings. The number of halogens is 1. The average molecular weight is 256 g/mol. The van der Waals surface area contributed by atoms with Gasteiger partial charge < -0.3 is 15.9 Å². The first-order chi connectivity index (χ1) is 8.17. The number of hydrogen-bond acceptors (Lipinski definition) is 4. The van der Waals surface area contributed by atoms with Gasteiger partial charge in [-0.05, 0) is 25.5 Å². The highest BCUT2D eigenvalue weighted by Crippen LogP contribution is 2.31. The second-order valence-corrected chi connectivity index (χ2v) is 4.41. The van der Waals surface area contributed by atoms with Crippen LogP contribution >= 0.6 is 0 Å². The molecule has 0 aliphatic carbocycles. The first-order valence-corrected chi connectivity index (χ1v) is 5.05. The predicted octanol–water partition coefficient (Wildman–Crippen LogP) is 1.03. The van der Waals surface area contributed by atoms with Crippen LogP contribution in [0.15, 0.2) is 12.3 Å². The molecule has 1 atom stereocenters. The summed E-state index contributed by atoms with van der Waals surface area (Å²) >= 11 is 0. The molecule has 1 heterocycles. The Kier molecular flexibility index (Phi) is 3.66. The number of aromatic nitrogens is 1. The molecular weight excluding hydrogens is 243 g/mol. The van der Waals surface area contributed by atoms with Crippen molar-refractivity contribution in [2.24, 2.45) is 11.1 Å². The van der Waals surface area contributed by atoms with Crippen molar-refractivity contribution < 1.29 is 24.2 Å². The Morgan fingerprint density at radius 3 is 2.39 bits per heavy atom. The summed E-state index contributed by atoms with van der Waals surface area (Å²) in [6, 6.07) is -0.105. The number of aromatic carboxylic acids is 1. The van der Waals surface area contributed by atoms with Crippen LogP contribution in [-0.4, -0.2) is 27.1 Å². The fourth-order valence-corrected chi connectivity index (χ4v) is 1.33. The maximum absolute atomic E-state index is 13.4. The van der Waals surface area contributed by atoms with E-state index in [1.54, 1.807) is 0 Å². The van der Waals surface area contributed by atoms with Crippen molar-refractivity contribution >= 4 is 11.9 Å². The highest BCUT2D eigenvalue weighted by molar-refractivity contribution is 5.85.